The predicted octanol–water partition coefficient (Wildman–Crippen LogP) is 2.54. The summed E-state index contributed by atoms with van der Waals surface area (Å²) in [6.45, 7) is 0.000278. The van der Waals surface area contributed by atoms with Crippen LogP contribution in [0.1, 0.15) is 5.56 Å². The molecule has 0 amide bonds. The van der Waals surface area contributed by atoms with E-state index in [4.69, 9.17) is 38.7 Å². The molecule has 0 aliphatic heterocycles. The number of hydrogen-bond acceptors (Lipinski definition) is 2. The molecule has 0 atom stereocenters. The molecule has 0 unspecified atom stereocenters. The van der Waals surface area contributed by atoms with E-state index in [0.717, 1.165) is 0 Å². The molecule has 0 heterocycles. The van der Waals surface area contributed by atoms with Gasteiger partial charge in [0.25, 0.3) is 0 Å². The first kappa shape index (κ1) is 12.0. The maximum Gasteiger partial charge on any atom is 0.335 e. The van der Waals surface area contributed by atoms with Gasteiger partial charge < -0.3 is 4.52 Å². The van der Waals surface area contributed by atoms with Gasteiger partial charge in [-0.25, -0.2) is 11.0 Å². The molecule has 78 valence electrons. The molecule has 0 bridgehead atoms. The van der Waals surface area contributed by atoms with E-state index in [2.05, 4.69) is 0 Å². The minimum atomic E-state index is -3.45. The van der Waals surface area contributed by atoms with Gasteiger partial charge in [0.2, 0.25) is 0 Å². The molecule has 4 nitrogen and oxygen atoms in total. The molecule has 14 heavy (non-hydrogen) atoms. The highest BCUT2D eigenvalue weighted by molar-refractivity contribution is 7.53. The van der Waals surface area contributed by atoms with Crippen molar-refractivity contribution in [3.63, 3.8) is 0 Å². The number of rotatable bonds is 3. The van der Waals surface area contributed by atoms with Crippen molar-refractivity contribution in [2.45, 2.75) is 6.61 Å². The zero-order valence-electron chi connectivity index (χ0n) is 7.11. The molecule has 1 rings (SSSR count). The van der Waals surface area contributed by atoms with Crippen LogP contribution in [-0.4, -0.2) is 0 Å². The monoisotopic (exact) mass is 254 g/mol. The lowest BCUT2D eigenvalue weighted by Gasteiger charge is -2.08. The van der Waals surface area contributed by atoms with Crippen LogP contribution in [0.2, 0.25) is 10.0 Å². The van der Waals surface area contributed by atoms with Gasteiger partial charge in [-0.1, -0.05) is 29.3 Å². The second-order valence-electron chi connectivity index (χ2n) is 2.65. The van der Waals surface area contributed by atoms with Crippen molar-refractivity contribution in [2.24, 2.45) is 11.0 Å². The molecule has 7 heteroatoms. The van der Waals surface area contributed by atoms with E-state index < -0.39 is 7.67 Å². The summed E-state index contributed by atoms with van der Waals surface area (Å²) in [6.07, 6.45) is 0. The third-order valence-electron chi connectivity index (χ3n) is 1.44. The van der Waals surface area contributed by atoms with E-state index in [-0.39, 0.29) is 6.61 Å². The lowest BCUT2D eigenvalue weighted by molar-refractivity contribution is 0.303. The van der Waals surface area contributed by atoms with Crippen molar-refractivity contribution in [2.75, 3.05) is 0 Å². The maximum atomic E-state index is 10.8. The molecule has 0 fully saturated rings. The van der Waals surface area contributed by atoms with E-state index in [1.54, 1.807) is 18.2 Å². The summed E-state index contributed by atoms with van der Waals surface area (Å²) in [5.74, 6) is 0. The fraction of sp³-hybridized carbons (Fsp3) is 0.143. The van der Waals surface area contributed by atoms with Gasteiger partial charge in [-0.3, -0.25) is 4.57 Å². The SMILES string of the molecule is NP(N)(=O)OCc1ccc(Cl)cc1Cl. The normalized spacial score (nSPS) is 11.7. The maximum absolute atomic E-state index is 10.8. The minimum absolute atomic E-state index is 0.000278. The van der Waals surface area contributed by atoms with Crippen LogP contribution in [-0.2, 0) is 15.7 Å². The number of hydrogen-bond donors (Lipinski definition) is 2. The van der Waals surface area contributed by atoms with Gasteiger partial charge in [0.15, 0.2) is 0 Å². The summed E-state index contributed by atoms with van der Waals surface area (Å²) in [7, 11) is -3.45. The average Bonchev–Trinajstić information content (AvgIpc) is 2.00. The molecule has 0 spiro atoms. The predicted molar refractivity (Wildman–Crippen MR) is 57.2 cm³/mol. The Balaban J connectivity index is 2.73. The van der Waals surface area contributed by atoms with E-state index in [9.17, 15) is 4.57 Å². The van der Waals surface area contributed by atoms with Crippen molar-refractivity contribution >= 4 is 30.9 Å². The van der Waals surface area contributed by atoms with Crippen molar-refractivity contribution < 1.29 is 9.09 Å². The second-order valence-corrected chi connectivity index (χ2v) is 5.05. The van der Waals surface area contributed by atoms with Crippen LogP contribution in [0.3, 0.4) is 0 Å². The van der Waals surface area contributed by atoms with Crippen molar-refractivity contribution in [1.82, 2.24) is 0 Å². The Morgan fingerprint density at radius 2 is 2.00 bits per heavy atom. The van der Waals surface area contributed by atoms with Gasteiger partial charge in [-0.2, -0.15) is 0 Å². The van der Waals surface area contributed by atoms with Crippen molar-refractivity contribution in [3.05, 3.63) is 33.8 Å². The van der Waals surface area contributed by atoms with Crippen LogP contribution in [0.15, 0.2) is 18.2 Å². The van der Waals surface area contributed by atoms with Gasteiger partial charge in [-0.15, -0.1) is 0 Å². The first-order chi connectivity index (χ1) is 6.38. The second kappa shape index (κ2) is 4.62. The molecule has 4 N–H and O–H groups in total. The Hall–Kier alpha value is -0.0900. The van der Waals surface area contributed by atoms with Crippen molar-refractivity contribution in [3.8, 4) is 0 Å². The molecule has 0 aliphatic carbocycles. The molecule has 1 aromatic rings. The zero-order valence-corrected chi connectivity index (χ0v) is 9.52. The molecule has 1 aromatic carbocycles. The Bertz CT molecular complexity index is 380. The molecule has 0 aromatic heterocycles. The summed E-state index contributed by atoms with van der Waals surface area (Å²) < 4.78 is 15.5. The highest BCUT2D eigenvalue weighted by Crippen LogP contribution is 2.30. The van der Waals surface area contributed by atoms with Crippen LogP contribution in [0.25, 0.3) is 0 Å². The fourth-order valence-corrected chi connectivity index (χ4v) is 1.61. The van der Waals surface area contributed by atoms with Crippen LogP contribution >= 0.6 is 30.9 Å². The minimum Gasteiger partial charge on any atom is -0.302 e. The first-order valence-corrected chi connectivity index (χ1v) is 6.16. The molecule has 0 saturated carbocycles. The van der Waals surface area contributed by atoms with Gasteiger partial charge in [0.1, 0.15) is 0 Å². The Morgan fingerprint density at radius 1 is 1.36 bits per heavy atom. The standard InChI is InChI=1S/C7H9Cl2N2O2P/c8-6-2-1-5(7(9)3-6)4-13-14(10,11)12/h1-3H,4H2,(H4,10,11,12). The largest absolute Gasteiger partial charge is 0.335 e. The van der Waals surface area contributed by atoms with Gasteiger partial charge in [0.05, 0.1) is 6.61 Å². The van der Waals surface area contributed by atoms with Gasteiger partial charge >= 0.3 is 7.67 Å². The summed E-state index contributed by atoms with van der Waals surface area (Å²) >= 11 is 11.5. The van der Waals surface area contributed by atoms with Crippen LogP contribution in [0, 0.1) is 0 Å². The summed E-state index contributed by atoms with van der Waals surface area (Å²) in [6, 6.07) is 4.85. The van der Waals surface area contributed by atoms with Crippen LogP contribution in [0.4, 0.5) is 0 Å². The van der Waals surface area contributed by atoms with E-state index in [0.29, 0.717) is 15.6 Å². The molecular formula is C7H9Cl2N2O2P. The molecule has 0 saturated heterocycles. The molecule has 0 aliphatic rings. The Labute approximate surface area is 91.7 Å². The van der Waals surface area contributed by atoms with E-state index >= 15 is 0 Å². The van der Waals surface area contributed by atoms with Crippen molar-refractivity contribution in [1.29, 1.82) is 0 Å². The highest BCUT2D eigenvalue weighted by Gasteiger charge is 2.10. The molecule has 0 radical (unpaired) electrons. The first-order valence-electron chi connectivity index (χ1n) is 3.64. The topological polar surface area (TPSA) is 78.3 Å². The average molecular weight is 255 g/mol. The van der Waals surface area contributed by atoms with E-state index in [1.807, 2.05) is 0 Å². The van der Waals surface area contributed by atoms with Crippen LogP contribution < -0.4 is 11.0 Å². The molecular weight excluding hydrogens is 246 g/mol. The Kier molecular flexibility index (Phi) is 3.95. The lowest BCUT2D eigenvalue weighted by atomic mass is 10.2. The fourth-order valence-electron chi connectivity index (χ4n) is 0.809. The quantitative estimate of drug-likeness (QED) is 0.813. The number of halogens is 2. The van der Waals surface area contributed by atoms with Crippen LogP contribution in [0.5, 0.6) is 0 Å². The highest BCUT2D eigenvalue weighted by atomic mass is 35.5. The van der Waals surface area contributed by atoms with E-state index in [1.165, 1.54) is 0 Å². The third kappa shape index (κ3) is 3.96. The van der Waals surface area contributed by atoms with Gasteiger partial charge in [0, 0.05) is 10.0 Å². The third-order valence-corrected chi connectivity index (χ3v) is 2.56. The summed E-state index contributed by atoms with van der Waals surface area (Å²) in [5, 5.41) is 0.938. The summed E-state index contributed by atoms with van der Waals surface area (Å²) in [5.41, 5.74) is 10.6. The number of benzene rings is 1. The van der Waals surface area contributed by atoms with Gasteiger partial charge in [-0.05, 0) is 17.7 Å². The lowest BCUT2D eigenvalue weighted by Crippen LogP contribution is -2.08. The summed E-state index contributed by atoms with van der Waals surface area (Å²) in [4.78, 5) is 0. The number of nitrogens with two attached hydrogens (primary N) is 2. The Morgan fingerprint density at radius 3 is 2.50 bits per heavy atom. The zero-order chi connectivity index (χ0) is 10.8. The smallest absolute Gasteiger partial charge is 0.302 e.